The first kappa shape index (κ1) is 28.5. The van der Waals surface area contributed by atoms with E-state index in [2.05, 4.69) is 0 Å². The lowest BCUT2D eigenvalue weighted by Gasteiger charge is -2.29. The van der Waals surface area contributed by atoms with Crippen molar-refractivity contribution in [2.24, 2.45) is 0 Å². The third-order valence-electron chi connectivity index (χ3n) is 6.63. The minimum atomic E-state index is -3.95. The quantitative estimate of drug-likeness (QED) is 0.217. The highest BCUT2D eigenvalue weighted by atomic mass is 32.2. The number of carbonyl (C=O) groups is 1. The summed E-state index contributed by atoms with van der Waals surface area (Å²) in [6.07, 6.45) is 1.04. The van der Waals surface area contributed by atoms with Gasteiger partial charge < -0.3 is 13.1 Å². The van der Waals surface area contributed by atoms with E-state index in [1.54, 1.807) is 84.9 Å². The van der Waals surface area contributed by atoms with E-state index in [0.717, 1.165) is 11.1 Å². The molecule has 10 heteroatoms. The molecule has 41 heavy (non-hydrogen) atoms. The number of rotatable bonds is 10. The van der Waals surface area contributed by atoms with Crippen molar-refractivity contribution in [3.05, 3.63) is 120 Å². The van der Waals surface area contributed by atoms with E-state index in [9.17, 15) is 21.6 Å². The zero-order chi connectivity index (χ0) is 28.9. The molecule has 0 unspecified atom stereocenters. The maximum absolute atomic E-state index is 12.5. The van der Waals surface area contributed by atoms with E-state index < -0.39 is 26.3 Å². The number of ether oxygens (including phenoxy) is 1. The molecule has 4 aromatic rings. The Labute approximate surface area is 239 Å². The summed E-state index contributed by atoms with van der Waals surface area (Å²) in [6.45, 7) is 0. The van der Waals surface area contributed by atoms with Gasteiger partial charge in [0, 0.05) is 12.8 Å². The maximum Gasteiger partial charge on any atom is 0.339 e. The van der Waals surface area contributed by atoms with Crippen molar-refractivity contribution in [3.63, 3.8) is 0 Å². The summed E-state index contributed by atoms with van der Waals surface area (Å²) in [5.74, 6) is 0.471. The van der Waals surface area contributed by atoms with Crippen LogP contribution in [0.1, 0.15) is 36.5 Å². The number of hydrogen-bond donors (Lipinski definition) is 0. The second-order valence-electron chi connectivity index (χ2n) is 9.65. The first-order valence-electron chi connectivity index (χ1n) is 13.0. The first-order chi connectivity index (χ1) is 19.7. The number of carbonyl (C=O) groups excluding carboxylic acids is 1. The molecule has 1 saturated heterocycles. The van der Waals surface area contributed by atoms with Crippen LogP contribution in [0, 0.1) is 0 Å². The van der Waals surface area contributed by atoms with Gasteiger partial charge in [-0.3, -0.25) is 4.79 Å². The highest BCUT2D eigenvalue weighted by Gasteiger charge is 2.29. The fourth-order valence-electron chi connectivity index (χ4n) is 4.54. The molecule has 0 aromatic heterocycles. The Hall–Kier alpha value is -3.99. The van der Waals surface area contributed by atoms with Crippen LogP contribution in [0.3, 0.4) is 0 Å². The topological polar surface area (TPSA) is 113 Å². The van der Waals surface area contributed by atoms with Gasteiger partial charge in [0.05, 0.1) is 12.2 Å². The smallest absolute Gasteiger partial charge is 0.339 e. The van der Waals surface area contributed by atoms with Crippen LogP contribution < -0.4 is 8.37 Å². The van der Waals surface area contributed by atoms with Crippen LogP contribution in [0.25, 0.3) is 0 Å². The van der Waals surface area contributed by atoms with E-state index in [1.807, 2.05) is 0 Å². The number of aryl methyl sites for hydroxylation is 1. The largest absolute Gasteiger partial charge is 0.379 e. The lowest BCUT2D eigenvalue weighted by molar-refractivity contribution is -0.136. The molecule has 212 valence electrons. The average molecular weight is 593 g/mol. The zero-order valence-corrected chi connectivity index (χ0v) is 23.6. The molecule has 1 fully saturated rings. The molecule has 0 bridgehead atoms. The number of Topliss-reactive ketones (excluding diaryl/α,β-unsaturated/α-hetero) is 1. The molecule has 2 atom stereocenters. The van der Waals surface area contributed by atoms with Gasteiger partial charge in [-0.15, -0.1) is 0 Å². The number of hydrogen-bond acceptors (Lipinski definition) is 8. The molecule has 0 N–H and O–H groups in total. The summed E-state index contributed by atoms with van der Waals surface area (Å²) in [5.41, 5.74) is 1.71. The lowest BCUT2D eigenvalue weighted by Crippen LogP contribution is -2.28. The monoisotopic (exact) mass is 592 g/mol. The predicted octanol–water partition coefficient (Wildman–Crippen LogP) is 5.64. The van der Waals surface area contributed by atoms with Crippen molar-refractivity contribution in [1.82, 2.24) is 0 Å². The van der Waals surface area contributed by atoms with Gasteiger partial charge in [0.2, 0.25) is 0 Å². The van der Waals surface area contributed by atoms with Gasteiger partial charge in [0.25, 0.3) is 0 Å². The highest BCUT2D eigenvalue weighted by molar-refractivity contribution is 7.87. The summed E-state index contributed by atoms with van der Waals surface area (Å²) >= 11 is 0. The van der Waals surface area contributed by atoms with Crippen molar-refractivity contribution >= 4 is 26.0 Å². The lowest BCUT2D eigenvalue weighted by atomic mass is 9.94. The molecule has 0 aliphatic carbocycles. The second kappa shape index (κ2) is 12.3. The molecule has 1 heterocycles. The third kappa shape index (κ3) is 7.40. The van der Waals surface area contributed by atoms with Crippen LogP contribution in [0.5, 0.6) is 11.5 Å². The molecule has 0 amide bonds. The molecule has 0 saturated carbocycles. The molecule has 5 rings (SSSR count). The minimum absolute atomic E-state index is 0.0625. The Morgan fingerprint density at radius 3 is 1.63 bits per heavy atom. The summed E-state index contributed by atoms with van der Waals surface area (Å²) in [4.78, 5) is 12.7. The van der Waals surface area contributed by atoms with Crippen LogP contribution >= 0.6 is 0 Å². The van der Waals surface area contributed by atoms with Gasteiger partial charge in [-0.2, -0.15) is 16.8 Å². The molecule has 0 radical (unpaired) electrons. The molecule has 4 aromatic carbocycles. The predicted molar refractivity (Wildman–Crippen MR) is 152 cm³/mol. The Morgan fingerprint density at radius 1 is 0.634 bits per heavy atom. The van der Waals surface area contributed by atoms with Gasteiger partial charge in [0.15, 0.2) is 0 Å². The summed E-state index contributed by atoms with van der Waals surface area (Å²) in [5, 5.41) is 0. The van der Waals surface area contributed by atoms with E-state index in [4.69, 9.17) is 13.1 Å². The van der Waals surface area contributed by atoms with E-state index in [-0.39, 0.29) is 39.6 Å². The van der Waals surface area contributed by atoms with Gasteiger partial charge in [-0.05, 0) is 72.5 Å². The minimum Gasteiger partial charge on any atom is -0.379 e. The molecule has 0 spiro atoms. The Bertz CT molecular complexity index is 1690. The number of ketones is 1. The van der Waals surface area contributed by atoms with Gasteiger partial charge >= 0.3 is 20.2 Å². The Balaban J connectivity index is 1.16. The van der Waals surface area contributed by atoms with Crippen LogP contribution in [0.4, 0.5) is 0 Å². The van der Waals surface area contributed by atoms with Gasteiger partial charge in [-0.25, -0.2) is 0 Å². The van der Waals surface area contributed by atoms with Crippen molar-refractivity contribution in [2.45, 2.75) is 47.7 Å². The van der Waals surface area contributed by atoms with Crippen LogP contribution in [0.15, 0.2) is 119 Å². The highest BCUT2D eigenvalue weighted by Crippen LogP contribution is 2.32. The van der Waals surface area contributed by atoms with E-state index in [1.165, 1.54) is 24.3 Å². The standard InChI is InChI=1S/C31H28O8S2/c32-25-21-28(18-13-23-11-16-26(17-12-23)38-40(33,34)29-7-3-1-4-8-29)37-31(22-25)24-14-19-27(20-15-24)39-41(35,36)30-9-5-2-6-10-30/h1-12,14-17,19-20,28,31H,13,18,21-22H2/t28-,31-/m0/s1. The normalized spacial score (nSPS) is 17.6. The number of benzene rings is 4. The van der Waals surface area contributed by atoms with Crippen molar-refractivity contribution in [1.29, 1.82) is 0 Å². The van der Waals surface area contributed by atoms with Crippen LogP contribution in [0.2, 0.25) is 0 Å². The molecule has 1 aliphatic heterocycles. The first-order valence-corrected chi connectivity index (χ1v) is 15.8. The Morgan fingerprint density at radius 2 is 1.12 bits per heavy atom. The van der Waals surface area contributed by atoms with Crippen molar-refractivity contribution in [3.8, 4) is 11.5 Å². The van der Waals surface area contributed by atoms with Crippen molar-refractivity contribution in [2.75, 3.05) is 0 Å². The van der Waals surface area contributed by atoms with E-state index in [0.29, 0.717) is 19.3 Å². The maximum atomic E-state index is 12.5. The van der Waals surface area contributed by atoms with Crippen LogP contribution in [-0.4, -0.2) is 28.7 Å². The van der Waals surface area contributed by atoms with Crippen molar-refractivity contribution < 1.29 is 34.7 Å². The molecular formula is C31H28O8S2. The fourth-order valence-corrected chi connectivity index (χ4v) is 6.44. The van der Waals surface area contributed by atoms with Gasteiger partial charge in [0.1, 0.15) is 27.1 Å². The molecule has 1 aliphatic rings. The summed E-state index contributed by atoms with van der Waals surface area (Å²) < 4.78 is 66.5. The zero-order valence-electron chi connectivity index (χ0n) is 22.0. The Kier molecular flexibility index (Phi) is 8.53. The van der Waals surface area contributed by atoms with Gasteiger partial charge in [-0.1, -0.05) is 60.7 Å². The molecule has 8 nitrogen and oxygen atoms in total. The second-order valence-corrected chi connectivity index (χ2v) is 12.7. The molecular weight excluding hydrogens is 564 g/mol. The van der Waals surface area contributed by atoms with Crippen LogP contribution in [-0.2, 0) is 36.2 Å². The summed E-state index contributed by atoms with van der Waals surface area (Å²) in [7, 11) is -7.86. The summed E-state index contributed by atoms with van der Waals surface area (Å²) in [6, 6.07) is 29.1. The average Bonchev–Trinajstić information content (AvgIpc) is 2.97. The SMILES string of the molecule is O=C1C[C@H](CCc2ccc(OS(=O)(=O)c3ccccc3)cc2)O[C@H](c2ccc(OS(=O)(=O)c3ccccc3)cc2)C1. The fraction of sp³-hybridized carbons (Fsp3) is 0.194. The van der Waals surface area contributed by atoms with E-state index >= 15 is 0 Å². The third-order valence-corrected chi connectivity index (χ3v) is 9.15.